The summed E-state index contributed by atoms with van der Waals surface area (Å²) < 4.78 is 10.7. The smallest absolute Gasteiger partial charge is 0.130 e. The molecule has 7 heteroatoms. The molecule has 2 N–H and O–H groups in total. The first-order chi connectivity index (χ1) is 13.2. The Morgan fingerprint density at radius 1 is 1.26 bits per heavy atom. The molecule has 1 atom stereocenters. The molecule has 3 aromatic rings. The number of H-pyrrole nitrogens is 1. The quantitative estimate of drug-likeness (QED) is 0.697. The molecule has 0 unspecified atom stereocenters. The van der Waals surface area contributed by atoms with Crippen molar-refractivity contribution in [1.29, 1.82) is 0 Å². The van der Waals surface area contributed by atoms with E-state index in [1.807, 2.05) is 43.5 Å². The summed E-state index contributed by atoms with van der Waals surface area (Å²) in [5.41, 5.74) is 4.17. The Hall–Kier alpha value is -2.93. The van der Waals surface area contributed by atoms with E-state index in [0.717, 1.165) is 59.5 Å². The van der Waals surface area contributed by atoms with Crippen LogP contribution in [-0.2, 0) is 11.3 Å². The van der Waals surface area contributed by atoms with Gasteiger partial charge in [-0.2, -0.15) is 5.10 Å². The van der Waals surface area contributed by atoms with Crippen molar-refractivity contribution in [2.24, 2.45) is 0 Å². The van der Waals surface area contributed by atoms with Crippen LogP contribution in [0.1, 0.15) is 29.4 Å². The average molecular weight is 365 g/mol. The zero-order valence-corrected chi connectivity index (χ0v) is 15.5. The van der Waals surface area contributed by atoms with Crippen LogP contribution < -0.4 is 10.1 Å². The van der Waals surface area contributed by atoms with Crippen molar-refractivity contribution in [3.8, 4) is 17.0 Å². The lowest BCUT2D eigenvalue weighted by atomic mass is 10.0. The van der Waals surface area contributed by atoms with Gasteiger partial charge in [0.2, 0.25) is 0 Å². The van der Waals surface area contributed by atoms with Gasteiger partial charge in [-0.3, -0.25) is 5.10 Å². The summed E-state index contributed by atoms with van der Waals surface area (Å²) in [4.78, 5) is 9.10. The SMILES string of the molecule is COc1ccc(-c2[nH]ncc2CNc2cc([C@H]3CCOC3)nc(C)n2)cc1. The van der Waals surface area contributed by atoms with Crippen LogP contribution in [-0.4, -0.2) is 40.5 Å². The fourth-order valence-corrected chi connectivity index (χ4v) is 3.30. The van der Waals surface area contributed by atoms with Crippen LogP contribution in [0.25, 0.3) is 11.3 Å². The van der Waals surface area contributed by atoms with Gasteiger partial charge in [-0.15, -0.1) is 0 Å². The molecule has 4 rings (SSSR count). The molecule has 1 aromatic carbocycles. The number of aryl methyl sites for hydroxylation is 1. The summed E-state index contributed by atoms with van der Waals surface area (Å²) in [6.45, 7) is 4.08. The molecule has 0 spiro atoms. The van der Waals surface area contributed by atoms with E-state index in [9.17, 15) is 0 Å². The van der Waals surface area contributed by atoms with Gasteiger partial charge >= 0.3 is 0 Å². The van der Waals surface area contributed by atoms with E-state index in [-0.39, 0.29) is 0 Å². The van der Waals surface area contributed by atoms with Crippen molar-refractivity contribution in [2.45, 2.75) is 25.8 Å². The highest BCUT2D eigenvalue weighted by Gasteiger charge is 2.20. The maximum Gasteiger partial charge on any atom is 0.130 e. The van der Waals surface area contributed by atoms with Crippen LogP contribution in [0.15, 0.2) is 36.5 Å². The number of hydrogen-bond donors (Lipinski definition) is 2. The molecule has 0 aliphatic carbocycles. The number of hydrogen-bond acceptors (Lipinski definition) is 6. The number of nitrogens with one attached hydrogen (secondary N) is 2. The fraction of sp³-hybridized carbons (Fsp3) is 0.350. The highest BCUT2D eigenvalue weighted by atomic mass is 16.5. The molecule has 7 nitrogen and oxygen atoms in total. The Bertz CT molecular complexity index is 901. The Balaban J connectivity index is 1.50. The minimum atomic E-state index is 0.357. The standard InChI is InChI=1S/C20H23N5O2/c1-13-23-18(15-7-8-27-12-15)9-19(24-13)21-10-16-11-22-25-20(16)14-3-5-17(26-2)6-4-14/h3-6,9,11,15H,7-8,10,12H2,1-2H3,(H,22,25)(H,21,23,24)/t15-/m0/s1. The highest BCUT2D eigenvalue weighted by molar-refractivity contribution is 5.64. The second-order valence-electron chi connectivity index (χ2n) is 6.64. The summed E-state index contributed by atoms with van der Waals surface area (Å²) in [6.07, 6.45) is 2.85. The van der Waals surface area contributed by atoms with Crippen molar-refractivity contribution in [3.05, 3.63) is 53.6 Å². The van der Waals surface area contributed by atoms with Crippen LogP contribution >= 0.6 is 0 Å². The second-order valence-corrected chi connectivity index (χ2v) is 6.64. The average Bonchev–Trinajstić information content (AvgIpc) is 3.38. The highest BCUT2D eigenvalue weighted by Crippen LogP contribution is 2.26. The van der Waals surface area contributed by atoms with Crippen molar-refractivity contribution in [3.63, 3.8) is 0 Å². The summed E-state index contributed by atoms with van der Waals surface area (Å²) >= 11 is 0. The topological polar surface area (TPSA) is 85.0 Å². The van der Waals surface area contributed by atoms with Crippen LogP contribution in [0.2, 0.25) is 0 Å². The normalized spacial score (nSPS) is 16.4. The van der Waals surface area contributed by atoms with Crippen LogP contribution in [0.5, 0.6) is 5.75 Å². The van der Waals surface area contributed by atoms with Gasteiger partial charge in [0, 0.05) is 36.3 Å². The van der Waals surface area contributed by atoms with Crippen molar-refractivity contribution in [1.82, 2.24) is 20.2 Å². The number of methoxy groups -OCH3 is 1. The van der Waals surface area contributed by atoms with Gasteiger partial charge in [0.15, 0.2) is 0 Å². The van der Waals surface area contributed by atoms with E-state index in [1.54, 1.807) is 7.11 Å². The number of rotatable bonds is 6. The van der Waals surface area contributed by atoms with Gasteiger partial charge in [-0.05, 0) is 37.6 Å². The minimum absolute atomic E-state index is 0.357. The summed E-state index contributed by atoms with van der Waals surface area (Å²) in [5.74, 6) is 2.78. The number of nitrogens with zero attached hydrogens (tertiary/aromatic N) is 3. The number of anilines is 1. The lowest BCUT2D eigenvalue weighted by molar-refractivity contribution is 0.193. The van der Waals surface area contributed by atoms with Crippen LogP contribution in [0, 0.1) is 6.92 Å². The number of ether oxygens (including phenoxy) is 2. The van der Waals surface area contributed by atoms with Gasteiger partial charge in [-0.25, -0.2) is 9.97 Å². The Morgan fingerprint density at radius 3 is 2.85 bits per heavy atom. The maximum atomic E-state index is 5.49. The molecule has 2 aromatic heterocycles. The predicted octanol–water partition coefficient (Wildman–Crippen LogP) is 3.30. The van der Waals surface area contributed by atoms with Gasteiger partial charge in [0.25, 0.3) is 0 Å². The van der Waals surface area contributed by atoms with E-state index < -0.39 is 0 Å². The first-order valence-electron chi connectivity index (χ1n) is 9.07. The third-order valence-electron chi connectivity index (χ3n) is 4.76. The monoisotopic (exact) mass is 365 g/mol. The molecule has 1 saturated heterocycles. The van der Waals surface area contributed by atoms with E-state index >= 15 is 0 Å². The molecular weight excluding hydrogens is 342 g/mol. The van der Waals surface area contributed by atoms with Crippen molar-refractivity contribution >= 4 is 5.82 Å². The molecule has 0 amide bonds. The second kappa shape index (κ2) is 7.75. The lowest BCUT2D eigenvalue weighted by Gasteiger charge is -2.12. The lowest BCUT2D eigenvalue weighted by Crippen LogP contribution is -2.08. The third-order valence-corrected chi connectivity index (χ3v) is 4.76. The van der Waals surface area contributed by atoms with Crippen molar-refractivity contribution < 1.29 is 9.47 Å². The summed E-state index contributed by atoms with van der Waals surface area (Å²) in [5, 5.41) is 10.7. The van der Waals surface area contributed by atoms with Crippen molar-refractivity contribution in [2.75, 3.05) is 25.6 Å². The van der Waals surface area contributed by atoms with Gasteiger partial charge < -0.3 is 14.8 Å². The van der Waals surface area contributed by atoms with E-state index in [4.69, 9.17) is 9.47 Å². The van der Waals surface area contributed by atoms with Gasteiger partial charge in [-0.1, -0.05) is 0 Å². The molecule has 0 radical (unpaired) electrons. The molecule has 1 fully saturated rings. The first-order valence-corrected chi connectivity index (χ1v) is 9.07. The van der Waals surface area contributed by atoms with Gasteiger partial charge in [0.1, 0.15) is 17.4 Å². The Morgan fingerprint density at radius 2 is 2.11 bits per heavy atom. The molecule has 0 saturated carbocycles. The number of benzene rings is 1. The Kier molecular flexibility index (Phi) is 5.02. The zero-order valence-electron chi connectivity index (χ0n) is 15.5. The molecule has 27 heavy (non-hydrogen) atoms. The maximum absolute atomic E-state index is 5.49. The van der Waals surface area contributed by atoms with Crippen LogP contribution in [0.3, 0.4) is 0 Å². The molecule has 140 valence electrons. The van der Waals surface area contributed by atoms with E-state index in [0.29, 0.717) is 12.5 Å². The summed E-state index contributed by atoms with van der Waals surface area (Å²) in [7, 11) is 1.66. The minimum Gasteiger partial charge on any atom is -0.497 e. The van der Waals surface area contributed by atoms with E-state index in [2.05, 4.69) is 25.5 Å². The molecular formula is C20H23N5O2. The third kappa shape index (κ3) is 3.93. The number of aromatic nitrogens is 4. The largest absolute Gasteiger partial charge is 0.497 e. The molecule has 1 aliphatic rings. The van der Waals surface area contributed by atoms with Crippen LogP contribution in [0.4, 0.5) is 5.82 Å². The molecule has 0 bridgehead atoms. The zero-order chi connectivity index (χ0) is 18.6. The molecule has 1 aliphatic heterocycles. The first kappa shape index (κ1) is 17.5. The Labute approximate surface area is 158 Å². The summed E-state index contributed by atoms with van der Waals surface area (Å²) in [6, 6.07) is 9.94. The van der Waals surface area contributed by atoms with Gasteiger partial charge in [0.05, 0.1) is 31.3 Å². The fourth-order valence-electron chi connectivity index (χ4n) is 3.30. The number of aromatic amines is 1. The van der Waals surface area contributed by atoms with E-state index in [1.165, 1.54) is 0 Å². The molecule has 3 heterocycles. The predicted molar refractivity (Wildman–Crippen MR) is 103 cm³/mol.